The summed E-state index contributed by atoms with van der Waals surface area (Å²) in [6.45, 7) is 10.2. The standard InChI is InChI=1S/C13H25ClN2O2/c1-13(2,3)18-12(17)16-10-8-15(9-11-16)7-5-4-6-14/h4-11H2,1-3H3. The number of piperazine rings is 1. The van der Waals surface area contributed by atoms with Crippen molar-refractivity contribution >= 4 is 17.7 Å². The normalized spacial score (nSPS) is 17.9. The topological polar surface area (TPSA) is 32.8 Å². The predicted octanol–water partition coefficient (Wildman–Crippen LogP) is 2.56. The largest absolute Gasteiger partial charge is 0.444 e. The Morgan fingerprint density at radius 1 is 1.17 bits per heavy atom. The van der Waals surface area contributed by atoms with Crippen LogP contribution in [0.2, 0.25) is 0 Å². The third-order valence-corrected chi connectivity index (χ3v) is 3.15. The van der Waals surface area contributed by atoms with E-state index in [-0.39, 0.29) is 6.09 Å². The highest BCUT2D eigenvalue weighted by Gasteiger charge is 2.25. The van der Waals surface area contributed by atoms with Crippen LogP contribution in [0.1, 0.15) is 33.6 Å². The minimum atomic E-state index is -0.408. The molecule has 0 aliphatic carbocycles. The molecule has 18 heavy (non-hydrogen) atoms. The van der Waals surface area contributed by atoms with Crippen LogP contribution in [0.5, 0.6) is 0 Å². The Morgan fingerprint density at radius 2 is 1.78 bits per heavy atom. The summed E-state index contributed by atoms with van der Waals surface area (Å²) in [7, 11) is 0. The van der Waals surface area contributed by atoms with Gasteiger partial charge in [0.2, 0.25) is 0 Å². The monoisotopic (exact) mass is 276 g/mol. The lowest BCUT2D eigenvalue weighted by molar-refractivity contribution is 0.0144. The van der Waals surface area contributed by atoms with E-state index in [1.807, 2.05) is 20.8 Å². The Bertz CT molecular complexity index is 258. The van der Waals surface area contributed by atoms with Crippen LogP contribution < -0.4 is 0 Å². The van der Waals surface area contributed by atoms with Gasteiger partial charge in [-0.15, -0.1) is 11.6 Å². The zero-order chi connectivity index (χ0) is 13.6. The second-order valence-corrected chi connectivity index (χ2v) is 6.08. The molecule has 0 atom stereocenters. The van der Waals surface area contributed by atoms with Gasteiger partial charge < -0.3 is 9.64 Å². The summed E-state index contributed by atoms with van der Waals surface area (Å²) in [6.07, 6.45) is 2.01. The van der Waals surface area contributed by atoms with Crippen molar-refractivity contribution in [3.05, 3.63) is 0 Å². The van der Waals surface area contributed by atoms with Gasteiger partial charge >= 0.3 is 6.09 Å². The molecule has 1 heterocycles. The van der Waals surface area contributed by atoms with Crippen LogP contribution >= 0.6 is 11.6 Å². The van der Waals surface area contributed by atoms with Crippen molar-refractivity contribution in [2.75, 3.05) is 38.6 Å². The molecule has 1 saturated heterocycles. The molecular weight excluding hydrogens is 252 g/mol. The van der Waals surface area contributed by atoms with E-state index < -0.39 is 5.60 Å². The molecule has 0 spiro atoms. The average molecular weight is 277 g/mol. The lowest BCUT2D eigenvalue weighted by Gasteiger charge is -2.35. The van der Waals surface area contributed by atoms with Crippen LogP contribution in [0.25, 0.3) is 0 Å². The van der Waals surface area contributed by atoms with Gasteiger partial charge in [0.25, 0.3) is 0 Å². The van der Waals surface area contributed by atoms with E-state index in [2.05, 4.69) is 4.90 Å². The predicted molar refractivity (Wildman–Crippen MR) is 74.2 cm³/mol. The number of alkyl halides is 1. The van der Waals surface area contributed by atoms with Gasteiger partial charge in [-0.25, -0.2) is 4.79 Å². The highest BCUT2D eigenvalue weighted by molar-refractivity contribution is 6.17. The van der Waals surface area contributed by atoms with E-state index in [4.69, 9.17) is 16.3 Å². The van der Waals surface area contributed by atoms with E-state index >= 15 is 0 Å². The minimum absolute atomic E-state index is 0.192. The zero-order valence-electron chi connectivity index (χ0n) is 11.7. The van der Waals surface area contributed by atoms with Crippen LogP contribution in [0, 0.1) is 0 Å². The molecule has 106 valence electrons. The maximum absolute atomic E-state index is 11.8. The molecule has 5 heteroatoms. The number of hydrogen-bond acceptors (Lipinski definition) is 3. The van der Waals surface area contributed by atoms with Crippen LogP contribution in [0.4, 0.5) is 4.79 Å². The van der Waals surface area contributed by atoms with Gasteiger partial charge in [0, 0.05) is 32.1 Å². The quantitative estimate of drug-likeness (QED) is 0.584. The second kappa shape index (κ2) is 7.19. The lowest BCUT2D eigenvalue weighted by Crippen LogP contribution is -2.50. The van der Waals surface area contributed by atoms with Crippen molar-refractivity contribution < 1.29 is 9.53 Å². The van der Waals surface area contributed by atoms with Gasteiger partial charge in [-0.05, 0) is 40.2 Å². The molecule has 1 amide bonds. The Kier molecular flexibility index (Phi) is 6.22. The molecule has 0 radical (unpaired) electrons. The van der Waals surface area contributed by atoms with Gasteiger partial charge in [0.05, 0.1) is 0 Å². The second-order valence-electron chi connectivity index (χ2n) is 5.71. The first-order chi connectivity index (χ1) is 8.42. The molecule has 1 rings (SSSR count). The Labute approximate surface area is 115 Å². The van der Waals surface area contributed by atoms with Crippen molar-refractivity contribution in [3.63, 3.8) is 0 Å². The van der Waals surface area contributed by atoms with Crippen molar-refractivity contribution in [2.45, 2.75) is 39.2 Å². The van der Waals surface area contributed by atoms with Gasteiger partial charge in [-0.2, -0.15) is 0 Å². The van der Waals surface area contributed by atoms with Crippen LogP contribution in [-0.4, -0.2) is 60.1 Å². The molecule has 0 bridgehead atoms. The Balaban J connectivity index is 2.24. The molecule has 0 aromatic rings. The van der Waals surface area contributed by atoms with E-state index in [0.717, 1.165) is 51.4 Å². The number of carbonyl (C=O) groups is 1. The van der Waals surface area contributed by atoms with Crippen molar-refractivity contribution in [1.29, 1.82) is 0 Å². The number of amides is 1. The molecule has 0 aromatic heterocycles. The maximum Gasteiger partial charge on any atom is 0.410 e. The Hall–Kier alpha value is -0.480. The van der Waals surface area contributed by atoms with E-state index in [1.165, 1.54) is 0 Å². The zero-order valence-corrected chi connectivity index (χ0v) is 12.5. The van der Waals surface area contributed by atoms with Crippen molar-refractivity contribution in [1.82, 2.24) is 9.80 Å². The molecule has 1 aliphatic heterocycles. The van der Waals surface area contributed by atoms with Gasteiger partial charge in [0.15, 0.2) is 0 Å². The fourth-order valence-electron chi connectivity index (χ4n) is 1.91. The number of nitrogens with zero attached hydrogens (tertiary/aromatic N) is 2. The van der Waals surface area contributed by atoms with Crippen LogP contribution in [0.3, 0.4) is 0 Å². The first-order valence-electron chi connectivity index (χ1n) is 6.68. The maximum atomic E-state index is 11.8. The molecule has 4 nitrogen and oxygen atoms in total. The molecule has 0 saturated carbocycles. The van der Waals surface area contributed by atoms with E-state index in [9.17, 15) is 4.79 Å². The molecule has 0 unspecified atom stereocenters. The average Bonchev–Trinajstić information content (AvgIpc) is 2.28. The fourth-order valence-corrected chi connectivity index (χ4v) is 2.10. The molecule has 0 aromatic carbocycles. The molecule has 1 fully saturated rings. The number of halogens is 1. The number of rotatable bonds is 4. The summed E-state index contributed by atoms with van der Waals surface area (Å²) in [5.74, 6) is 0.734. The number of ether oxygens (including phenoxy) is 1. The summed E-state index contributed by atoms with van der Waals surface area (Å²) in [5, 5.41) is 0. The van der Waals surface area contributed by atoms with Crippen LogP contribution in [-0.2, 0) is 4.74 Å². The highest BCUT2D eigenvalue weighted by atomic mass is 35.5. The third kappa shape index (κ3) is 5.91. The lowest BCUT2D eigenvalue weighted by atomic mass is 10.2. The highest BCUT2D eigenvalue weighted by Crippen LogP contribution is 2.12. The van der Waals surface area contributed by atoms with Crippen LogP contribution in [0.15, 0.2) is 0 Å². The summed E-state index contributed by atoms with van der Waals surface area (Å²) < 4.78 is 5.36. The SMILES string of the molecule is CC(C)(C)OC(=O)N1CCN(CCCCCl)CC1. The molecule has 1 aliphatic rings. The van der Waals surface area contributed by atoms with Gasteiger partial charge in [0.1, 0.15) is 5.60 Å². The number of unbranched alkanes of at least 4 members (excludes halogenated alkanes) is 1. The summed E-state index contributed by atoms with van der Waals surface area (Å²) in [5.41, 5.74) is -0.408. The third-order valence-electron chi connectivity index (χ3n) is 2.88. The van der Waals surface area contributed by atoms with E-state index in [0.29, 0.717) is 0 Å². The van der Waals surface area contributed by atoms with E-state index in [1.54, 1.807) is 4.90 Å². The summed E-state index contributed by atoms with van der Waals surface area (Å²) in [6, 6.07) is 0. The smallest absolute Gasteiger partial charge is 0.410 e. The Morgan fingerprint density at radius 3 is 2.28 bits per heavy atom. The molecular formula is C13H25ClN2O2. The van der Waals surface area contributed by atoms with Gasteiger partial charge in [-0.1, -0.05) is 0 Å². The van der Waals surface area contributed by atoms with Crippen molar-refractivity contribution in [2.24, 2.45) is 0 Å². The van der Waals surface area contributed by atoms with Gasteiger partial charge in [-0.3, -0.25) is 4.90 Å². The summed E-state index contributed by atoms with van der Waals surface area (Å²) in [4.78, 5) is 16.0. The fraction of sp³-hybridized carbons (Fsp3) is 0.923. The van der Waals surface area contributed by atoms with Crippen molar-refractivity contribution in [3.8, 4) is 0 Å². The first kappa shape index (κ1) is 15.6. The number of carbonyl (C=O) groups excluding carboxylic acids is 1. The number of hydrogen-bond donors (Lipinski definition) is 0. The summed E-state index contributed by atoms with van der Waals surface area (Å²) >= 11 is 5.66. The molecule has 0 N–H and O–H groups in total. The minimum Gasteiger partial charge on any atom is -0.444 e. The first-order valence-corrected chi connectivity index (χ1v) is 7.22.